The summed E-state index contributed by atoms with van der Waals surface area (Å²) in [4.78, 5) is 61.3. The number of nitrogens with zero attached hydrogens (tertiary/aromatic N) is 2. The van der Waals surface area contributed by atoms with Gasteiger partial charge in [0.1, 0.15) is 22.0 Å². The number of carbonyl (C=O) groups excluding carboxylic acids is 2. The van der Waals surface area contributed by atoms with Gasteiger partial charge in [-0.25, -0.2) is 0 Å². The number of benzene rings is 2. The molecule has 1 aromatic heterocycles. The number of unbranched alkanes of at least 4 members (excludes halogenated alkanes) is 1. The van der Waals surface area contributed by atoms with E-state index in [0.29, 0.717) is 34.9 Å². The second-order valence-corrected chi connectivity index (χ2v) is 14.0. The summed E-state index contributed by atoms with van der Waals surface area (Å²) < 4.78 is 24.7. The van der Waals surface area contributed by atoms with Gasteiger partial charge >= 0.3 is 5.88 Å². The van der Waals surface area contributed by atoms with Crippen molar-refractivity contribution in [1.82, 2.24) is 9.99 Å². The van der Waals surface area contributed by atoms with Crippen LogP contribution in [-0.4, -0.2) is 40.4 Å². The minimum absolute atomic E-state index is 0.144. The molecule has 2 atom stereocenters. The molecule has 3 N–H and O–H groups in total. The smallest absolute Gasteiger partial charge is 0.433 e. The molecule has 0 radical (unpaired) electrons. The molecule has 1 aliphatic rings. The molecule has 48 heavy (non-hydrogen) atoms. The van der Waals surface area contributed by atoms with Crippen LogP contribution in [0.1, 0.15) is 102 Å². The summed E-state index contributed by atoms with van der Waals surface area (Å²) in [5.74, 6) is -0.821. The van der Waals surface area contributed by atoms with Crippen LogP contribution in [0.2, 0.25) is 0 Å². The van der Waals surface area contributed by atoms with Crippen molar-refractivity contribution in [2.45, 2.75) is 70.4 Å². The number of amides is 2. The number of primary amides is 1. The van der Waals surface area contributed by atoms with E-state index in [1.165, 1.54) is 56.5 Å². The molecule has 0 bridgehead atoms. The molecule has 2 aromatic carbocycles. The summed E-state index contributed by atoms with van der Waals surface area (Å²) in [7, 11) is -5.45. The van der Waals surface area contributed by atoms with E-state index in [2.05, 4.69) is 5.32 Å². The molecular formula is C33H40ClN4O9P-2. The van der Waals surface area contributed by atoms with Crippen molar-refractivity contribution in [2.75, 3.05) is 19.0 Å². The van der Waals surface area contributed by atoms with E-state index in [1.54, 1.807) is 25.1 Å². The highest BCUT2D eigenvalue weighted by Crippen LogP contribution is 2.48. The molecule has 1 saturated carbocycles. The number of alkyl halides is 1. The van der Waals surface area contributed by atoms with Crippen molar-refractivity contribution in [2.24, 2.45) is 11.7 Å². The maximum atomic E-state index is 13.3. The normalized spacial score (nSPS) is 15.9. The Kier molecular flexibility index (Phi) is 12.4. The van der Waals surface area contributed by atoms with Crippen molar-refractivity contribution in [3.05, 3.63) is 92.7 Å². The number of hydrogen-bond acceptors (Lipinski definition) is 9. The maximum absolute atomic E-state index is 13.3. The van der Waals surface area contributed by atoms with Crippen molar-refractivity contribution in [1.29, 1.82) is 0 Å². The number of rotatable bonds is 16. The molecule has 0 spiro atoms. The fourth-order valence-corrected chi connectivity index (χ4v) is 7.34. The van der Waals surface area contributed by atoms with Gasteiger partial charge in [0.05, 0.1) is 24.3 Å². The molecule has 0 aliphatic heterocycles. The topological polar surface area (TPSA) is 204 Å². The van der Waals surface area contributed by atoms with Crippen molar-refractivity contribution in [3.8, 4) is 5.75 Å². The summed E-state index contributed by atoms with van der Waals surface area (Å²) in [6, 6.07) is 12.6. The summed E-state index contributed by atoms with van der Waals surface area (Å²) in [6.45, 7) is 3.44. The highest BCUT2D eigenvalue weighted by atomic mass is 35.5. The van der Waals surface area contributed by atoms with E-state index in [-0.39, 0.29) is 41.3 Å². The number of furan rings is 1. The summed E-state index contributed by atoms with van der Waals surface area (Å²) in [6.07, 6.45) is 6.40. The molecule has 13 nitrogen and oxygen atoms in total. The Morgan fingerprint density at radius 2 is 1.81 bits per heavy atom. The van der Waals surface area contributed by atoms with Gasteiger partial charge in [0.25, 0.3) is 11.8 Å². The first-order chi connectivity index (χ1) is 22.7. The second-order valence-electron chi connectivity index (χ2n) is 12.2. The lowest BCUT2D eigenvalue weighted by atomic mass is 9.88. The molecule has 15 heteroatoms. The minimum Gasteiger partial charge on any atom is -0.799 e. The van der Waals surface area contributed by atoms with Crippen LogP contribution in [-0.2, 0) is 10.1 Å². The fraction of sp³-hybridized carbons (Fsp3) is 0.455. The Morgan fingerprint density at radius 3 is 2.40 bits per heavy atom. The third-order valence-corrected chi connectivity index (χ3v) is 10.3. The highest BCUT2D eigenvalue weighted by molar-refractivity contribution is 7.46. The predicted molar refractivity (Wildman–Crippen MR) is 175 cm³/mol. The lowest BCUT2D eigenvalue weighted by Crippen LogP contribution is -2.48. The van der Waals surface area contributed by atoms with Gasteiger partial charge < -0.3 is 34.6 Å². The van der Waals surface area contributed by atoms with Crippen LogP contribution in [0.5, 0.6) is 5.75 Å². The van der Waals surface area contributed by atoms with Crippen LogP contribution >= 0.6 is 19.3 Å². The zero-order valence-electron chi connectivity index (χ0n) is 26.9. The fourth-order valence-electron chi connectivity index (χ4n) is 6.06. The van der Waals surface area contributed by atoms with E-state index < -0.39 is 41.9 Å². The van der Waals surface area contributed by atoms with E-state index in [9.17, 15) is 34.1 Å². The first-order valence-electron chi connectivity index (χ1n) is 15.8. The molecular weight excluding hydrogens is 663 g/mol. The standard InChI is InChI=1S/C33H42ClN4O9P/c1-22(25-12-15-28(27(20-25)31(35)39)46-21-23-8-4-3-5-9-23)36-32(40)24-10-13-26(14-11-24)33(2,29-16-17-30(47-29)38(41)42)37(48(43,44)45)19-7-6-18-34/h10-17,20,22-23H,3-9,18-19,21H2,1-2H3,(H2,35,39)(H,36,40)(H2,43,44,45)/p-2. The average molecular weight is 703 g/mol. The van der Waals surface area contributed by atoms with Gasteiger partial charge in [-0.3, -0.25) is 24.4 Å². The molecule has 1 heterocycles. The van der Waals surface area contributed by atoms with E-state index >= 15 is 0 Å². The Balaban J connectivity index is 1.56. The van der Waals surface area contributed by atoms with Gasteiger partial charge in [0.2, 0.25) is 0 Å². The Labute approximate surface area is 284 Å². The van der Waals surface area contributed by atoms with Gasteiger partial charge in [-0.15, -0.1) is 11.6 Å². The van der Waals surface area contributed by atoms with Crippen LogP contribution in [0.15, 0.2) is 59.0 Å². The third kappa shape index (κ3) is 8.83. The number of hydrogen-bond donors (Lipinski definition) is 2. The van der Waals surface area contributed by atoms with Crippen LogP contribution in [0.3, 0.4) is 0 Å². The second kappa shape index (κ2) is 16.1. The average Bonchev–Trinajstić information content (AvgIpc) is 3.57. The van der Waals surface area contributed by atoms with Crippen LogP contribution in [0.25, 0.3) is 0 Å². The first kappa shape index (κ1) is 37.1. The van der Waals surface area contributed by atoms with E-state index in [1.807, 2.05) is 0 Å². The Hall–Kier alpha value is -3.74. The zero-order chi connectivity index (χ0) is 35.1. The minimum atomic E-state index is -5.45. The van der Waals surface area contributed by atoms with E-state index in [0.717, 1.165) is 18.9 Å². The number of nitro groups is 1. The predicted octanol–water partition coefficient (Wildman–Crippen LogP) is 5.15. The molecule has 3 aromatic rings. The maximum Gasteiger partial charge on any atom is 0.433 e. The lowest BCUT2D eigenvalue weighted by molar-refractivity contribution is -0.402. The molecule has 260 valence electrons. The van der Waals surface area contributed by atoms with Gasteiger partial charge in [-0.1, -0.05) is 37.5 Å². The Morgan fingerprint density at radius 1 is 1.12 bits per heavy atom. The first-order valence-corrected chi connectivity index (χ1v) is 17.9. The van der Waals surface area contributed by atoms with Gasteiger partial charge in [-0.2, -0.15) is 0 Å². The number of carbonyl (C=O) groups is 2. The number of halogens is 1. The van der Waals surface area contributed by atoms with Gasteiger partial charge in [0, 0.05) is 25.7 Å². The van der Waals surface area contributed by atoms with E-state index in [4.69, 9.17) is 26.5 Å². The Bertz CT molecular complexity index is 1640. The third-order valence-electron chi connectivity index (χ3n) is 8.84. The molecule has 0 saturated heterocycles. The van der Waals surface area contributed by atoms with Crippen LogP contribution < -0.4 is 25.6 Å². The van der Waals surface area contributed by atoms with Crippen molar-refractivity contribution < 1.29 is 38.0 Å². The highest BCUT2D eigenvalue weighted by Gasteiger charge is 2.41. The molecule has 1 fully saturated rings. The molecule has 1 aliphatic carbocycles. The van der Waals surface area contributed by atoms with Crippen molar-refractivity contribution in [3.63, 3.8) is 0 Å². The number of nitrogens with two attached hydrogens (primary N) is 1. The summed E-state index contributed by atoms with van der Waals surface area (Å²) >= 11 is 5.77. The quantitative estimate of drug-likeness (QED) is 0.0660. The largest absolute Gasteiger partial charge is 0.799 e. The molecule has 2 amide bonds. The van der Waals surface area contributed by atoms with Crippen LogP contribution in [0, 0.1) is 16.0 Å². The zero-order valence-corrected chi connectivity index (χ0v) is 28.5. The van der Waals surface area contributed by atoms with Gasteiger partial charge in [0.15, 0.2) is 0 Å². The van der Waals surface area contributed by atoms with Crippen LogP contribution in [0.4, 0.5) is 5.88 Å². The number of ether oxygens (including phenoxy) is 1. The summed E-state index contributed by atoms with van der Waals surface area (Å²) in [5.41, 5.74) is 5.17. The van der Waals surface area contributed by atoms with Gasteiger partial charge in [-0.05, 0) is 86.9 Å². The summed E-state index contributed by atoms with van der Waals surface area (Å²) in [5, 5.41) is 14.2. The SMILES string of the molecule is CC(NC(=O)c1ccc(C(C)(c2ccc([N+](=O)[O-])o2)N(CCCCCl)P(=O)([O-])[O-])cc1)c1ccc(OCC2CCCCC2)c(C(N)=O)c1. The molecule has 2 unspecified atom stereocenters. The number of nitrogens with one attached hydrogen (secondary N) is 1. The lowest BCUT2D eigenvalue weighted by Gasteiger charge is -2.51. The molecule has 4 rings (SSSR count). The monoisotopic (exact) mass is 702 g/mol. The van der Waals surface area contributed by atoms with Crippen molar-refractivity contribution >= 4 is 37.0 Å².